The fourth-order valence-corrected chi connectivity index (χ4v) is 3.57. The third kappa shape index (κ3) is 4.71. The first-order valence-corrected chi connectivity index (χ1v) is 9.92. The van der Waals surface area contributed by atoms with E-state index in [-0.39, 0.29) is 5.75 Å². The topological polar surface area (TPSA) is 63.3 Å². The summed E-state index contributed by atoms with van der Waals surface area (Å²) >= 11 is 8.38. The molecule has 0 bridgehead atoms. The summed E-state index contributed by atoms with van der Waals surface area (Å²) in [5.74, 6) is 1.62. The molecule has 1 aromatic heterocycles. The van der Waals surface area contributed by atoms with Crippen molar-refractivity contribution in [1.82, 2.24) is 14.9 Å². The molecular weight excluding hydrogens is 468 g/mol. The predicted octanol–water partition coefficient (Wildman–Crippen LogP) is 4.99. The van der Waals surface area contributed by atoms with E-state index in [0.717, 1.165) is 14.7 Å². The Bertz CT molecular complexity index is 910. The quantitative estimate of drug-likeness (QED) is 0.411. The first-order valence-electron chi connectivity index (χ1n) is 7.35. The Morgan fingerprint density at radius 1 is 1.12 bits per heavy atom. The van der Waals surface area contributed by atoms with Gasteiger partial charge in [-0.05, 0) is 42.8 Å². The molecule has 0 aliphatic rings. The average Bonchev–Trinajstić information content (AvgIpc) is 2.95. The lowest BCUT2D eigenvalue weighted by molar-refractivity contribution is 0.474. The van der Waals surface area contributed by atoms with Crippen molar-refractivity contribution in [2.75, 3.05) is 0 Å². The predicted molar refractivity (Wildman–Crippen MR) is 107 cm³/mol. The van der Waals surface area contributed by atoms with Crippen LogP contribution in [0.4, 0.5) is 0 Å². The van der Waals surface area contributed by atoms with Gasteiger partial charge in [-0.1, -0.05) is 55.8 Å². The van der Waals surface area contributed by atoms with E-state index in [0.29, 0.717) is 16.5 Å². The van der Waals surface area contributed by atoms with Crippen molar-refractivity contribution in [3.63, 3.8) is 0 Å². The third-order valence-corrected chi connectivity index (χ3v) is 5.36. The second-order valence-electron chi connectivity index (χ2n) is 5.20. The van der Waals surface area contributed by atoms with Crippen LogP contribution in [0.1, 0.15) is 17.0 Å². The summed E-state index contributed by atoms with van der Waals surface area (Å²) in [4.78, 5) is 0. The number of phenols is 1. The number of benzene rings is 2. The number of hydrogen-bond acceptors (Lipinski definition) is 5. The van der Waals surface area contributed by atoms with E-state index < -0.39 is 0 Å². The second-order valence-corrected chi connectivity index (χ2v) is 7.98. The number of halogens is 2. The molecule has 0 fully saturated rings. The maximum atomic E-state index is 9.91. The largest absolute Gasteiger partial charge is 0.507 e. The van der Waals surface area contributed by atoms with Crippen molar-refractivity contribution in [1.29, 1.82) is 0 Å². The number of hydrogen-bond donors (Lipinski definition) is 1. The van der Waals surface area contributed by atoms with Crippen LogP contribution in [0, 0.1) is 6.92 Å². The summed E-state index contributed by atoms with van der Waals surface area (Å²) in [6, 6.07) is 13.3. The molecular formula is C17H14Br2N4OS. The minimum atomic E-state index is 0.168. The van der Waals surface area contributed by atoms with Crippen LogP contribution in [0.2, 0.25) is 0 Å². The van der Waals surface area contributed by atoms with E-state index in [2.05, 4.69) is 59.3 Å². The lowest BCUT2D eigenvalue weighted by atomic mass is 10.2. The van der Waals surface area contributed by atoms with Crippen LogP contribution in [0.5, 0.6) is 5.75 Å². The molecule has 25 heavy (non-hydrogen) atoms. The van der Waals surface area contributed by atoms with Gasteiger partial charge in [0, 0.05) is 20.3 Å². The number of phenolic OH excluding ortho intramolecular Hbond substituents is 1. The molecule has 0 atom stereocenters. The number of aromatic nitrogens is 3. The molecule has 3 rings (SSSR count). The van der Waals surface area contributed by atoms with Crippen molar-refractivity contribution < 1.29 is 5.11 Å². The standard InChI is InChI=1S/C17H14Br2N4OS/c1-11-21-22-17(25-10-12-2-4-14(18)5-3-12)23(11)20-9-13-8-15(19)6-7-16(13)24/h2-9,24H,10H2,1H3/b20-9+. The highest BCUT2D eigenvalue weighted by Crippen LogP contribution is 2.24. The molecule has 0 spiro atoms. The van der Waals surface area contributed by atoms with Crippen LogP contribution in [0.25, 0.3) is 0 Å². The Balaban J connectivity index is 1.78. The summed E-state index contributed by atoms with van der Waals surface area (Å²) in [5.41, 5.74) is 1.81. The van der Waals surface area contributed by atoms with E-state index in [4.69, 9.17) is 0 Å². The van der Waals surface area contributed by atoms with Crippen molar-refractivity contribution >= 4 is 49.8 Å². The van der Waals surface area contributed by atoms with Crippen LogP contribution in [0.3, 0.4) is 0 Å². The minimum absolute atomic E-state index is 0.168. The van der Waals surface area contributed by atoms with Crippen molar-refractivity contribution in [3.8, 4) is 5.75 Å². The van der Waals surface area contributed by atoms with E-state index in [9.17, 15) is 5.11 Å². The monoisotopic (exact) mass is 480 g/mol. The van der Waals surface area contributed by atoms with Gasteiger partial charge in [-0.3, -0.25) is 0 Å². The molecule has 0 saturated heterocycles. The summed E-state index contributed by atoms with van der Waals surface area (Å²) < 4.78 is 3.60. The maximum Gasteiger partial charge on any atom is 0.212 e. The van der Waals surface area contributed by atoms with Crippen LogP contribution in [-0.4, -0.2) is 26.2 Å². The summed E-state index contributed by atoms with van der Waals surface area (Å²) in [5, 5.41) is 23.3. The Morgan fingerprint density at radius 2 is 1.84 bits per heavy atom. The fourth-order valence-electron chi connectivity index (χ4n) is 2.04. The molecule has 0 amide bonds. The average molecular weight is 482 g/mol. The second kappa shape index (κ2) is 8.16. The number of thioether (sulfide) groups is 1. The van der Waals surface area contributed by atoms with Gasteiger partial charge in [-0.2, -0.15) is 9.78 Å². The lowest BCUT2D eigenvalue weighted by Gasteiger charge is -2.04. The van der Waals surface area contributed by atoms with E-state index >= 15 is 0 Å². The molecule has 0 aliphatic heterocycles. The molecule has 3 aromatic rings. The normalized spacial score (nSPS) is 11.3. The molecule has 1 N–H and O–H groups in total. The first-order chi connectivity index (χ1) is 12.0. The molecule has 5 nitrogen and oxygen atoms in total. The molecule has 0 aliphatic carbocycles. The van der Waals surface area contributed by atoms with Crippen molar-refractivity contribution in [2.24, 2.45) is 5.10 Å². The molecule has 0 unspecified atom stereocenters. The molecule has 2 aromatic carbocycles. The number of rotatable bonds is 5. The van der Waals surface area contributed by atoms with Gasteiger partial charge in [0.15, 0.2) is 5.82 Å². The number of nitrogens with zero attached hydrogens (tertiary/aromatic N) is 4. The van der Waals surface area contributed by atoms with E-state index in [1.807, 2.05) is 19.1 Å². The fraction of sp³-hybridized carbons (Fsp3) is 0.118. The molecule has 8 heteroatoms. The third-order valence-electron chi connectivity index (χ3n) is 3.35. The highest BCUT2D eigenvalue weighted by atomic mass is 79.9. The first kappa shape index (κ1) is 18.2. The van der Waals surface area contributed by atoms with Gasteiger partial charge in [0.05, 0.1) is 6.21 Å². The van der Waals surface area contributed by atoms with Crippen molar-refractivity contribution in [2.45, 2.75) is 17.8 Å². The highest BCUT2D eigenvalue weighted by Gasteiger charge is 2.09. The molecule has 0 saturated carbocycles. The highest BCUT2D eigenvalue weighted by molar-refractivity contribution is 9.10. The molecule has 1 heterocycles. The zero-order valence-electron chi connectivity index (χ0n) is 13.2. The van der Waals surface area contributed by atoms with Gasteiger partial charge >= 0.3 is 0 Å². The Hall–Kier alpha value is -1.64. The Labute approximate surface area is 166 Å². The van der Waals surface area contributed by atoms with E-state index in [1.165, 1.54) is 5.56 Å². The van der Waals surface area contributed by atoms with Crippen LogP contribution < -0.4 is 0 Å². The van der Waals surface area contributed by atoms with Crippen LogP contribution in [-0.2, 0) is 5.75 Å². The van der Waals surface area contributed by atoms with Crippen LogP contribution >= 0.6 is 43.6 Å². The minimum Gasteiger partial charge on any atom is -0.507 e. The zero-order valence-corrected chi connectivity index (χ0v) is 17.2. The SMILES string of the molecule is Cc1nnc(SCc2ccc(Br)cc2)n1/N=C/c1cc(Br)ccc1O. The van der Waals surface area contributed by atoms with Gasteiger partial charge in [-0.25, -0.2) is 0 Å². The Kier molecular flexibility index (Phi) is 5.93. The van der Waals surface area contributed by atoms with Crippen molar-refractivity contribution in [3.05, 3.63) is 68.4 Å². The summed E-state index contributed by atoms with van der Waals surface area (Å²) in [7, 11) is 0. The van der Waals surface area contributed by atoms with Gasteiger partial charge in [0.1, 0.15) is 5.75 Å². The summed E-state index contributed by atoms with van der Waals surface area (Å²) in [6.07, 6.45) is 1.60. The molecule has 0 radical (unpaired) electrons. The van der Waals surface area contributed by atoms with Gasteiger partial charge in [0.25, 0.3) is 0 Å². The molecule has 128 valence electrons. The smallest absolute Gasteiger partial charge is 0.212 e. The number of aromatic hydroxyl groups is 1. The van der Waals surface area contributed by atoms with Gasteiger partial charge in [-0.15, -0.1) is 10.2 Å². The van der Waals surface area contributed by atoms with E-state index in [1.54, 1.807) is 40.9 Å². The lowest BCUT2D eigenvalue weighted by Crippen LogP contribution is -1.96. The van der Waals surface area contributed by atoms with Crippen LogP contribution in [0.15, 0.2) is 61.7 Å². The number of aryl methyl sites for hydroxylation is 1. The van der Waals surface area contributed by atoms with Gasteiger partial charge < -0.3 is 5.11 Å². The Morgan fingerprint density at radius 3 is 2.60 bits per heavy atom. The summed E-state index contributed by atoms with van der Waals surface area (Å²) in [6.45, 7) is 1.84. The maximum absolute atomic E-state index is 9.91. The zero-order chi connectivity index (χ0) is 17.8. The van der Waals surface area contributed by atoms with Gasteiger partial charge in [0.2, 0.25) is 5.16 Å².